The summed E-state index contributed by atoms with van der Waals surface area (Å²) in [6, 6.07) is 18.5. The van der Waals surface area contributed by atoms with Crippen molar-refractivity contribution in [2.45, 2.75) is 30.2 Å². The van der Waals surface area contributed by atoms with Crippen LogP contribution < -0.4 is 14.4 Å². The molecule has 8 heteroatoms. The molecule has 1 aliphatic carbocycles. The molecule has 172 valence electrons. The smallest absolute Gasteiger partial charge is 0.264 e. The maximum absolute atomic E-state index is 13.5. The molecule has 1 amide bonds. The third kappa shape index (κ3) is 5.01. The molecular formula is C25H25FN2O4S. The number of benzene rings is 3. The third-order valence-corrected chi connectivity index (χ3v) is 7.52. The van der Waals surface area contributed by atoms with Crippen LogP contribution in [0.4, 0.5) is 10.1 Å². The summed E-state index contributed by atoms with van der Waals surface area (Å²) in [4.78, 5) is 13.1. The summed E-state index contributed by atoms with van der Waals surface area (Å²) >= 11 is 0. The standard InChI is InChI=1S/C25H25FN2O4S/c1-32-21-14-15-23-18(16-21)6-5-9-24(23)27-25(29)17-28(20-12-10-19(26)11-13-20)33(30,31)22-7-3-2-4-8-22/h2-4,7-8,10-16,24H,5-6,9,17H2,1H3,(H,27,29). The van der Waals surface area contributed by atoms with E-state index in [0.29, 0.717) is 0 Å². The fraction of sp³-hybridized carbons (Fsp3) is 0.240. The Morgan fingerprint density at radius 1 is 1.09 bits per heavy atom. The van der Waals surface area contributed by atoms with Gasteiger partial charge in [0.1, 0.15) is 18.1 Å². The van der Waals surface area contributed by atoms with Gasteiger partial charge >= 0.3 is 0 Å². The monoisotopic (exact) mass is 468 g/mol. The van der Waals surface area contributed by atoms with Crippen LogP contribution in [0.2, 0.25) is 0 Å². The number of hydrogen-bond donors (Lipinski definition) is 1. The minimum absolute atomic E-state index is 0.0530. The van der Waals surface area contributed by atoms with E-state index < -0.39 is 28.3 Å². The predicted molar refractivity (Wildman–Crippen MR) is 124 cm³/mol. The summed E-state index contributed by atoms with van der Waals surface area (Å²) < 4.78 is 46.5. The summed E-state index contributed by atoms with van der Waals surface area (Å²) in [6.45, 7) is -0.426. The van der Waals surface area contributed by atoms with Crippen LogP contribution in [-0.4, -0.2) is 28.0 Å². The molecule has 0 saturated carbocycles. The molecule has 1 aliphatic rings. The van der Waals surface area contributed by atoms with Crippen molar-refractivity contribution in [3.63, 3.8) is 0 Å². The van der Waals surface area contributed by atoms with E-state index in [1.165, 1.54) is 36.4 Å². The summed E-state index contributed by atoms with van der Waals surface area (Å²) in [5.74, 6) is -0.167. The van der Waals surface area contributed by atoms with Gasteiger partial charge < -0.3 is 10.1 Å². The number of fused-ring (bicyclic) bond motifs is 1. The average Bonchev–Trinajstić information content (AvgIpc) is 2.83. The molecule has 6 nitrogen and oxygen atoms in total. The first kappa shape index (κ1) is 22.8. The van der Waals surface area contributed by atoms with Gasteiger partial charge in [-0.25, -0.2) is 12.8 Å². The lowest BCUT2D eigenvalue weighted by molar-refractivity contribution is -0.120. The first-order chi connectivity index (χ1) is 15.9. The molecule has 1 N–H and O–H groups in total. The van der Waals surface area contributed by atoms with Gasteiger partial charge in [0.2, 0.25) is 5.91 Å². The van der Waals surface area contributed by atoms with Crippen molar-refractivity contribution in [2.24, 2.45) is 0 Å². The van der Waals surface area contributed by atoms with Crippen LogP contribution in [0, 0.1) is 5.82 Å². The van der Waals surface area contributed by atoms with Crippen molar-refractivity contribution >= 4 is 21.6 Å². The minimum Gasteiger partial charge on any atom is -0.497 e. The number of methoxy groups -OCH3 is 1. The number of halogens is 1. The van der Waals surface area contributed by atoms with Gasteiger partial charge in [-0.15, -0.1) is 0 Å². The Labute approximate surface area is 193 Å². The molecule has 0 aromatic heterocycles. The number of carbonyl (C=O) groups is 1. The Morgan fingerprint density at radius 3 is 2.52 bits per heavy atom. The molecule has 1 unspecified atom stereocenters. The van der Waals surface area contributed by atoms with Gasteiger partial charge in [0.05, 0.1) is 23.7 Å². The Balaban J connectivity index is 1.60. The highest BCUT2D eigenvalue weighted by atomic mass is 32.2. The number of hydrogen-bond acceptors (Lipinski definition) is 4. The second kappa shape index (κ2) is 9.62. The number of aryl methyl sites for hydroxylation is 1. The van der Waals surface area contributed by atoms with E-state index in [1.54, 1.807) is 25.3 Å². The number of amides is 1. The number of rotatable bonds is 7. The molecule has 4 rings (SSSR count). The van der Waals surface area contributed by atoms with Crippen LogP contribution in [0.3, 0.4) is 0 Å². The Bertz CT molecular complexity index is 1230. The summed E-state index contributed by atoms with van der Waals surface area (Å²) in [5, 5.41) is 2.99. The van der Waals surface area contributed by atoms with Gasteiger partial charge in [-0.3, -0.25) is 9.10 Å². The molecule has 0 heterocycles. The Hall–Kier alpha value is -3.39. The van der Waals surface area contributed by atoms with Gasteiger partial charge in [0.15, 0.2) is 0 Å². The first-order valence-electron chi connectivity index (χ1n) is 10.7. The van der Waals surface area contributed by atoms with Crippen LogP contribution >= 0.6 is 0 Å². The molecule has 0 fully saturated rings. The topological polar surface area (TPSA) is 75.7 Å². The maximum Gasteiger partial charge on any atom is 0.264 e. The first-order valence-corrected chi connectivity index (χ1v) is 12.1. The number of sulfonamides is 1. The van der Waals surface area contributed by atoms with Crippen molar-refractivity contribution in [1.29, 1.82) is 0 Å². The fourth-order valence-electron chi connectivity index (χ4n) is 4.08. The zero-order chi connectivity index (χ0) is 23.4. The van der Waals surface area contributed by atoms with E-state index in [9.17, 15) is 17.6 Å². The number of carbonyl (C=O) groups excluding carboxylic acids is 1. The van der Waals surface area contributed by atoms with Gasteiger partial charge in [0.25, 0.3) is 10.0 Å². The molecule has 3 aromatic rings. The SMILES string of the molecule is COc1ccc2c(c1)CCCC2NC(=O)CN(c1ccc(F)cc1)S(=O)(=O)c1ccccc1. The average molecular weight is 469 g/mol. The van der Waals surface area contributed by atoms with E-state index in [0.717, 1.165) is 40.4 Å². The largest absolute Gasteiger partial charge is 0.497 e. The molecule has 33 heavy (non-hydrogen) atoms. The zero-order valence-corrected chi connectivity index (χ0v) is 19.0. The molecule has 0 spiro atoms. The van der Waals surface area contributed by atoms with Crippen molar-refractivity contribution in [3.8, 4) is 5.75 Å². The van der Waals surface area contributed by atoms with E-state index in [2.05, 4.69) is 5.32 Å². The summed E-state index contributed by atoms with van der Waals surface area (Å²) in [7, 11) is -2.43. The number of ether oxygens (including phenoxy) is 1. The van der Waals surface area contributed by atoms with Crippen LogP contribution in [0.25, 0.3) is 0 Å². The van der Waals surface area contributed by atoms with Crippen molar-refractivity contribution in [1.82, 2.24) is 5.32 Å². The second-order valence-electron chi connectivity index (χ2n) is 7.88. The van der Waals surface area contributed by atoms with E-state index in [4.69, 9.17) is 4.74 Å². The number of nitrogens with zero attached hydrogens (tertiary/aromatic N) is 1. The summed E-state index contributed by atoms with van der Waals surface area (Å²) in [6.07, 6.45) is 2.55. The van der Waals surface area contributed by atoms with E-state index >= 15 is 0 Å². The van der Waals surface area contributed by atoms with Crippen LogP contribution in [0.5, 0.6) is 5.75 Å². The van der Waals surface area contributed by atoms with Gasteiger partial charge in [-0.05, 0) is 78.9 Å². The lowest BCUT2D eigenvalue weighted by Crippen LogP contribution is -2.42. The van der Waals surface area contributed by atoms with Crippen molar-refractivity contribution in [2.75, 3.05) is 18.0 Å². The highest BCUT2D eigenvalue weighted by Gasteiger charge is 2.29. The Morgan fingerprint density at radius 2 is 1.82 bits per heavy atom. The number of anilines is 1. The normalized spacial score (nSPS) is 15.4. The second-order valence-corrected chi connectivity index (χ2v) is 9.74. The molecule has 0 radical (unpaired) electrons. The molecule has 3 aromatic carbocycles. The van der Waals surface area contributed by atoms with Gasteiger partial charge in [0, 0.05) is 0 Å². The van der Waals surface area contributed by atoms with Crippen LogP contribution in [-0.2, 0) is 21.2 Å². The minimum atomic E-state index is -4.04. The van der Waals surface area contributed by atoms with Gasteiger partial charge in [-0.2, -0.15) is 0 Å². The molecule has 0 saturated heterocycles. The molecule has 1 atom stereocenters. The van der Waals surface area contributed by atoms with E-state index in [1.807, 2.05) is 18.2 Å². The van der Waals surface area contributed by atoms with Crippen LogP contribution in [0.1, 0.15) is 30.0 Å². The van der Waals surface area contributed by atoms with E-state index in [-0.39, 0.29) is 16.6 Å². The molecule has 0 aliphatic heterocycles. The molecule has 0 bridgehead atoms. The highest BCUT2D eigenvalue weighted by Crippen LogP contribution is 2.32. The maximum atomic E-state index is 13.5. The zero-order valence-electron chi connectivity index (χ0n) is 18.2. The quantitative estimate of drug-likeness (QED) is 0.563. The lowest BCUT2D eigenvalue weighted by Gasteiger charge is -2.29. The number of nitrogens with one attached hydrogen (secondary N) is 1. The van der Waals surface area contributed by atoms with Crippen molar-refractivity contribution < 1.29 is 22.3 Å². The van der Waals surface area contributed by atoms with Crippen LogP contribution in [0.15, 0.2) is 77.7 Å². The summed E-state index contributed by atoms with van der Waals surface area (Å²) in [5.41, 5.74) is 2.33. The van der Waals surface area contributed by atoms with Crippen molar-refractivity contribution in [3.05, 3.63) is 89.7 Å². The van der Waals surface area contributed by atoms with Gasteiger partial charge in [-0.1, -0.05) is 24.3 Å². The highest BCUT2D eigenvalue weighted by molar-refractivity contribution is 7.92. The lowest BCUT2D eigenvalue weighted by atomic mass is 9.87. The predicted octanol–water partition coefficient (Wildman–Crippen LogP) is 4.22. The molecular weight excluding hydrogens is 443 g/mol. The third-order valence-electron chi connectivity index (χ3n) is 5.73. The Kier molecular flexibility index (Phi) is 6.65. The fourth-order valence-corrected chi connectivity index (χ4v) is 5.52.